The molecule has 3 heterocycles. The summed E-state index contributed by atoms with van der Waals surface area (Å²) in [5.41, 5.74) is 0.121. The van der Waals surface area contributed by atoms with Crippen molar-refractivity contribution in [3.63, 3.8) is 0 Å². The fourth-order valence-electron chi connectivity index (χ4n) is 4.27. The number of hydrogen-bond acceptors (Lipinski definition) is 9. The third kappa shape index (κ3) is 4.76. The molecule has 5 rings (SSSR count). The van der Waals surface area contributed by atoms with Gasteiger partial charge in [0.2, 0.25) is 15.9 Å². The van der Waals surface area contributed by atoms with Crippen molar-refractivity contribution in [2.75, 3.05) is 31.1 Å². The lowest BCUT2D eigenvalue weighted by Gasteiger charge is -2.37. The molecule has 3 aromatic rings. The molecule has 2 aromatic heterocycles. The molecule has 2 aliphatic rings. The normalized spacial score (nSPS) is 17.5. The van der Waals surface area contributed by atoms with Crippen molar-refractivity contribution in [3.8, 4) is 16.8 Å². The molecule has 1 amide bonds. The molecule has 2 fully saturated rings. The summed E-state index contributed by atoms with van der Waals surface area (Å²) in [6, 6.07) is 4.92. The SMILES string of the molecule is CC(C)C(=O)N1CCN(c2cc(S(=O)(=O)NC3(C#N)CC3)cc3c(-c4nnc(C(F)F)s4)n[nH]c23)CC1. The number of piperazine rings is 1. The minimum Gasteiger partial charge on any atom is -0.366 e. The van der Waals surface area contributed by atoms with E-state index in [-0.39, 0.29) is 27.4 Å². The first-order valence-electron chi connectivity index (χ1n) is 11.7. The number of sulfonamides is 1. The Morgan fingerprint density at radius 3 is 2.49 bits per heavy atom. The van der Waals surface area contributed by atoms with Gasteiger partial charge in [-0.15, -0.1) is 10.2 Å². The molecule has 0 radical (unpaired) electrons. The summed E-state index contributed by atoms with van der Waals surface area (Å²) in [5, 5.41) is 24.0. The molecule has 1 aromatic carbocycles. The van der Waals surface area contributed by atoms with E-state index >= 15 is 0 Å². The third-order valence-electron chi connectivity index (χ3n) is 6.49. The number of carbonyl (C=O) groups is 1. The Labute approximate surface area is 215 Å². The van der Waals surface area contributed by atoms with E-state index in [9.17, 15) is 27.3 Å². The summed E-state index contributed by atoms with van der Waals surface area (Å²) < 4.78 is 55.4. The molecule has 0 bridgehead atoms. The lowest BCUT2D eigenvalue weighted by Crippen LogP contribution is -2.50. The van der Waals surface area contributed by atoms with Crippen LogP contribution in [0.2, 0.25) is 0 Å². The molecule has 11 nitrogen and oxygen atoms in total. The Balaban J connectivity index is 1.57. The van der Waals surface area contributed by atoms with Crippen molar-refractivity contribution in [1.82, 2.24) is 30.0 Å². The van der Waals surface area contributed by atoms with Gasteiger partial charge in [0.15, 0.2) is 10.0 Å². The highest BCUT2D eigenvalue weighted by molar-refractivity contribution is 7.89. The summed E-state index contributed by atoms with van der Waals surface area (Å²) >= 11 is 0.678. The Bertz CT molecular complexity index is 1500. The Hall–Kier alpha value is -3.22. The molecule has 1 aliphatic carbocycles. The summed E-state index contributed by atoms with van der Waals surface area (Å²) in [5.74, 6) is -0.0839. The van der Waals surface area contributed by atoms with Gasteiger partial charge in [0, 0.05) is 37.5 Å². The van der Waals surface area contributed by atoms with Gasteiger partial charge in [0.1, 0.15) is 11.2 Å². The highest BCUT2D eigenvalue weighted by atomic mass is 32.2. The zero-order chi connectivity index (χ0) is 26.5. The topological polar surface area (TPSA) is 148 Å². The van der Waals surface area contributed by atoms with Crippen LogP contribution in [0.15, 0.2) is 17.0 Å². The van der Waals surface area contributed by atoms with Gasteiger partial charge in [-0.1, -0.05) is 25.2 Å². The first-order chi connectivity index (χ1) is 17.5. The number of nitriles is 1. The molecule has 1 aliphatic heterocycles. The van der Waals surface area contributed by atoms with Crippen molar-refractivity contribution in [2.45, 2.75) is 43.5 Å². The number of benzene rings is 1. The molecule has 0 atom stereocenters. The van der Waals surface area contributed by atoms with Gasteiger partial charge in [0.25, 0.3) is 6.43 Å². The van der Waals surface area contributed by atoms with Crippen molar-refractivity contribution < 1.29 is 22.0 Å². The number of nitrogens with one attached hydrogen (secondary N) is 2. The van der Waals surface area contributed by atoms with Crippen LogP contribution in [-0.2, 0) is 14.8 Å². The van der Waals surface area contributed by atoms with Crippen LogP contribution in [0, 0.1) is 17.2 Å². The number of alkyl halides is 2. The second kappa shape index (κ2) is 9.26. The molecule has 1 saturated heterocycles. The van der Waals surface area contributed by atoms with Gasteiger partial charge in [0.05, 0.1) is 22.2 Å². The minimum absolute atomic E-state index is 0.0477. The van der Waals surface area contributed by atoms with Crippen LogP contribution < -0.4 is 9.62 Å². The number of rotatable bonds is 7. The molecule has 37 heavy (non-hydrogen) atoms. The van der Waals surface area contributed by atoms with Crippen LogP contribution in [0.5, 0.6) is 0 Å². The van der Waals surface area contributed by atoms with Crippen LogP contribution >= 0.6 is 11.3 Å². The standard InChI is InChI=1S/C22H24F2N8O3S2/c1-12(2)21(33)32-7-5-31(6-8-32)15-10-13(37(34,35)30-22(11-25)3-4-22)9-14-16(15)26-27-17(14)19-28-29-20(36-19)18(23)24/h9-10,12,18,30H,3-8H2,1-2H3,(H,26,27). The molecular weight excluding hydrogens is 526 g/mol. The smallest absolute Gasteiger partial charge is 0.291 e. The monoisotopic (exact) mass is 550 g/mol. The number of aromatic nitrogens is 4. The van der Waals surface area contributed by atoms with Crippen LogP contribution in [0.4, 0.5) is 14.5 Å². The largest absolute Gasteiger partial charge is 0.366 e. The lowest BCUT2D eigenvalue weighted by atomic mass is 10.1. The number of carbonyl (C=O) groups excluding carboxylic acids is 1. The number of nitrogens with zero attached hydrogens (tertiary/aromatic N) is 6. The number of hydrogen-bond donors (Lipinski definition) is 2. The van der Waals surface area contributed by atoms with Crippen LogP contribution in [-0.4, -0.2) is 71.3 Å². The molecule has 15 heteroatoms. The number of anilines is 1. The maximum Gasteiger partial charge on any atom is 0.291 e. The molecule has 1 saturated carbocycles. The first-order valence-corrected chi connectivity index (χ1v) is 14.0. The molecule has 196 valence electrons. The van der Waals surface area contributed by atoms with Gasteiger partial charge >= 0.3 is 0 Å². The fraction of sp³-hybridized carbons (Fsp3) is 0.500. The van der Waals surface area contributed by atoms with Gasteiger partial charge in [-0.3, -0.25) is 9.89 Å². The molecule has 0 spiro atoms. The average Bonchev–Trinajstić information content (AvgIpc) is 3.26. The van der Waals surface area contributed by atoms with E-state index in [4.69, 9.17) is 0 Å². The Kier molecular flexibility index (Phi) is 6.37. The molecule has 2 N–H and O–H groups in total. The van der Waals surface area contributed by atoms with Crippen LogP contribution in [0.1, 0.15) is 38.1 Å². The summed E-state index contributed by atoms with van der Waals surface area (Å²) in [7, 11) is -4.10. The lowest BCUT2D eigenvalue weighted by molar-refractivity contribution is -0.134. The van der Waals surface area contributed by atoms with E-state index in [0.29, 0.717) is 66.9 Å². The highest BCUT2D eigenvalue weighted by Gasteiger charge is 2.47. The number of aromatic amines is 1. The number of H-pyrrole nitrogens is 1. The van der Waals surface area contributed by atoms with Crippen molar-refractivity contribution >= 4 is 43.9 Å². The second-order valence-electron chi connectivity index (χ2n) is 9.45. The van der Waals surface area contributed by atoms with Gasteiger partial charge in [-0.2, -0.15) is 15.1 Å². The van der Waals surface area contributed by atoms with E-state index in [2.05, 4.69) is 25.1 Å². The summed E-state index contributed by atoms with van der Waals surface area (Å²) in [6.45, 7) is 5.50. The van der Waals surface area contributed by atoms with E-state index in [0.717, 1.165) is 0 Å². The van der Waals surface area contributed by atoms with Crippen LogP contribution in [0.25, 0.3) is 21.6 Å². The van der Waals surface area contributed by atoms with Crippen LogP contribution in [0.3, 0.4) is 0 Å². The van der Waals surface area contributed by atoms with Gasteiger partial charge in [-0.25, -0.2) is 17.2 Å². The number of amides is 1. The summed E-state index contributed by atoms with van der Waals surface area (Å²) in [4.78, 5) is 16.1. The maximum absolute atomic E-state index is 13.3. The Morgan fingerprint density at radius 2 is 1.92 bits per heavy atom. The quantitative estimate of drug-likeness (QED) is 0.456. The average molecular weight is 551 g/mol. The van der Waals surface area contributed by atoms with Crippen molar-refractivity contribution in [1.29, 1.82) is 5.26 Å². The van der Waals surface area contributed by atoms with E-state index in [1.807, 2.05) is 24.8 Å². The minimum atomic E-state index is -4.10. The summed E-state index contributed by atoms with van der Waals surface area (Å²) in [6.07, 6.45) is -1.96. The highest BCUT2D eigenvalue weighted by Crippen LogP contribution is 2.39. The van der Waals surface area contributed by atoms with E-state index in [1.54, 1.807) is 4.90 Å². The zero-order valence-corrected chi connectivity index (χ0v) is 21.7. The Morgan fingerprint density at radius 1 is 1.22 bits per heavy atom. The predicted molar refractivity (Wildman–Crippen MR) is 131 cm³/mol. The van der Waals surface area contributed by atoms with Gasteiger partial charge < -0.3 is 9.80 Å². The van der Waals surface area contributed by atoms with Gasteiger partial charge in [-0.05, 0) is 25.0 Å². The second-order valence-corrected chi connectivity index (χ2v) is 12.1. The maximum atomic E-state index is 13.3. The van der Waals surface area contributed by atoms with Crippen molar-refractivity contribution in [3.05, 3.63) is 17.1 Å². The predicted octanol–water partition coefficient (Wildman–Crippen LogP) is 2.66. The number of fused-ring (bicyclic) bond motifs is 1. The third-order valence-corrected chi connectivity index (χ3v) is 8.94. The molecular formula is C22H24F2N8O3S2. The van der Waals surface area contributed by atoms with Crippen molar-refractivity contribution in [2.24, 2.45) is 5.92 Å². The first kappa shape index (κ1) is 25.4. The zero-order valence-electron chi connectivity index (χ0n) is 20.0. The molecule has 0 unspecified atom stereocenters. The van der Waals surface area contributed by atoms with E-state index < -0.39 is 27.0 Å². The fourth-order valence-corrected chi connectivity index (χ4v) is 6.40. The number of halogens is 2. The van der Waals surface area contributed by atoms with E-state index in [1.165, 1.54) is 12.1 Å².